The first kappa shape index (κ1) is 19.6. The normalized spacial score (nSPS) is 11.6. The van der Waals surface area contributed by atoms with Crippen LogP contribution in [0.3, 0.4) is 0 Å². The fourth-order valence-corrected chi connectivity index (χ4v) is 3.51. The summed E-state index contributed by atoms with van der Waals surface area (Å²) in [6.07, 6.45) is 10.2. The molecule has 2 aromatic carbocycles. The summed E-state index contributed by atoms with van der Waals surface area (Å²) in [5.74, 6) is 0.802. The van der Waals surface area contributed by atoms with Gasteiger partial charge in [-0.25, -0.2) is 4.98 Å². The van der Waals surface area contributed by atoms with Crippen LogP contribution >= 0.6 is 11.8 Å². The van der Waals surface area contributed by atoms with Crippen molar-refractivity contribution in [1.29, 1.82) is 0 Å². The van der Waals surface area contributed by atoms with Gasteiger partial charge in [-0.3, -0.25) is 9.79 Å². The van der Waals surface area contributed by atoms with E-state index in [0.29, 0.717) is 5.56 Å². The maximum atomic E-state index is 11.5. The third kappa shape index (κ3) is 5.66. The third-order valence-corrected chi connectivity index (χ3v) is 4.92. The van der Waals surface area contributed by atoms with Crippen molar-refractivity contribution in [3.05, 3.63) is 95.6 Å². The summed E-state index contributed by atoms with van der Waals surface area (Å²) in [6.45, 7) is 4.18. The number of rotatable bonds is 9. The van der Waals surface area contributed by atoms with Crippen molar-refractivity contribution in [3.63, 3.8) is 0 Å². The molecule has 0 spiro atoms. The van der Waals surface area contributed by atoms with Crippen molar-refractivity contribution >= 4 is 30.8 Å². The Morgan fingerprint density at radius 2 is 1.96 bits per heavy atom. The van der Waals surface area contributed by atoms with Crippen molar-refractivity contribution in [1.82, 2.24) is 9.55 Å². The molecule has 0 amide bonds. The minimum absolute atomic E-state index is 0.665. The van der Waals surface area contributed by atoms with Crippen molar-refractivity contribution in [2.24, 2.45) is 4.99 Å². The van der Waals surface area contributed by atoms with Crippen LogP contribution in [0, 0.1) is 0 Å². The van der Waals surface area contributed by atoms with Crippen LogP contribution in [0.1, 0.15) is 15.9 Å². The van der Waals surface area contributed by atoms with Gasteiger partial charge >= 0.3 is 0 Å². The number of nitrogens with zero attached hydrogens (tertiary/aromatic N) is 3. The predicted molar refractivity (Wildman–Crippen MR) is 119 cm³/mol. The van der Waals surface area contributed by atoms with Crippen molar-refractivity contribution in [3.8, 4) is 11.1 Å². The molecular weight excluding hydrogens is 366 g/mol. The average Bonchev–Trinajstić information content (AvgIpc) is 3.24. The van der Waals surface area contributed by atoms with E-state index in [1.807, 2.05) is 58.6 Å². The van der Waals surface area contributed by atoms with Crippen molar-refractivity contribution in [2.45, 2.75) is 6.54 Å². The second-order valence-corrected chi connectivity index (χ2v) is 7.08. The number of carbonyl (C=O) groups excluding carboxylic acids is 1. The molecule has 0 aliphatic rings. The van der Waals surface area contributed by atoms with E-state index in [2.05, 4.69) is 28.8 Å². The first-order chi connectivity index (χ1) is 13.8. The standard InChI is InChI=1S/C23H21N3OS/c1-24-8-10-28-17-21(15-26-9-7-25-18-26)12-19-11-20(16-27)14-23(13-19)22-5-3-2-4-6-22/h2-14,16,18H,1,15,17H2/b10-8-,21-12-. The van der Waals surface area contributed by atoms with Crippen LogP contribution in [-0.2, 0) is 6.54 Å². The van der Waals surface area contributed by atoms with Gasteiger partial charge in [0.1, 0.15) is 6.29 Å². The van der Waals surface area contributed by atoms with Crippen LogP contribution in [0.5, 0.6) is 0 Å². The Hall–Kier alpha value is -3.18. The highest BCUT2D eigenvalue weighted by atomic mass is 32.2. The van der Waals surface area contributed by atoms with Gasteiger partial charge in [-0.05, 0) is 52.6 Å². The van der Waals surface area contributed by atoms with Crippen LogP contribution in [0.2, 0.25) is 0 Å². The van der Waals surface area contributed by atoms with E-state index in [1.54, 1.807) is 30.5 Å². The van der Waals surface area contributed by atoms with E-state index < -0.39 is 0 Å². The zero-order chi connectivity index (χ0) is 19.6. The Labute approximate surface area is 169 Å². The second-order valence-electron chi connectivity index (χ2n) is 6.19. The van der Waals surface area contributed by atoms with Gasteiger partial charge in [-0.15, -0.1) is 11.8 Å². The van der Waals surface area contributed by atoms with E-state index in [9.17, 15) is 4.79 Å². The number of benzene rings is 2. The fourth-order valence-electron chi connectivity index (χ4n) is 2.85. The maximum absolute atomic E-state index is 11.5. The van der Waals surface area contributed by atoms with Crippen LogP contribution < -0.4 is 0 Å². The number of imidazole rings is 1. The molecule has 4 nitrogen and oxygen atoms in total. The number of carbonyl (C=O) groups is 1. The maximum Gasteiger partial charge on any atom is 0.150 e. The van der Waals surface area contributed by atoms with Crippen LogP contribution in [0.25, 0.3) is 17.2 Å². The van der Waals surface area contributed by atoms with E-state index >= 15 is 0 Å². The number of hydrogen-bond donors (Lipinski definition) is 0. The predicted octanol–water partition coefficient (Wildman–Crippen LogP) is 5.35. The Kier molecular flexibility index (Phi) is 7.15. The highest BCUT2D eigenvalue weighted by Crippen LogP contribution is 2.24. The highest BCUT2D eigenvalue weighted by molar-refractivity contribution is 8.02. The van der Waals surface area contributed by atoms with Gasteiger partial charge in [0.25, 0.3) is 0 Å². The zero-order valence-corrected chi connectivity index (χ0v) is 16.3. The molecule has 0 aliphatic carbocycles. The Morgan fingerprint density at radius 1 is 1.14 bits per heavy atom. The molecule has 140 valence electrons. The van der Waals surface area contributed by atoms with Crippen LogP contribution in [0.4, 0.5) is 0 Å². The summed E-state index contributed by atoms with van der Waals surface area (Å²) in [5.41, 5.74) is 5.00. The van der Waals surface area contributed by atoms with Gasteiger partial charge in [0.05, 0.1) is 6.33 Å². The lowest BCUT2D eigenvalue weighted by Crippen LogP contribution is -2.00. The first-order valence-corrected chi connectivity index (χ1v) is 9.86. The molecule has 1 aromatic heterocycles. The number of aliphatic imine (C=N–C) groups is 1. The fraction of sp³-hybridized carbons (Fsp3) is 0.0870. The monoisotopic (exact) mass is 387 g/mol. The molecular formula is C23H21N3OS. The van der Waals surface area contributed by atoms with Gasteiger partial charge in [0, 0.05) is 36.5 Å². The first-order valence-electron chi connectivity index (χ1n) is 8.82. The summed E-state index contributed by atoms with van der Waals surface area (Å²) in [6, 6.07) is 16.0. The topological polar surface area (TPSA) is 47.2 Å². The smallest absolute Gasteiger partial charge is 0.150 e. The number of aldehydes is 1. The second kappa shape index (κ2) is 10.2. The van der Waals surface area contributed by atoms with E-state index in [1.165, 1.54) is 5.57 Å². The van der Waals surface area contributed by atoms with Gasteiger partial charge in [0.15, 0.2) is 0 Å². The summed E-state index contributed by atoms with van der Waals surface area (Å²) in [4.78, 5) is 19.3. The van der Waals surface area contributed by atoms with Gasteiger partial charge in [-0.1, -0.05) is 36.4 Å². The zero-order valence-electron chi connectivity index (χ0n) is 15.4. The molecule has 0 saturated heterocycles. The van der Waals surface area contributed by atoms with Gasteiger partial charge in [0.2, 0.25) is 0 Å². The molecule has 0 N–H and O–H groups in total. The van der Waals surface area contributed by atoms with Crippen LogP contribution in [0.15, 0.2) is 89.4 Å². The van der Waals surface area contributed by atoms with Crippen molar-refractivity contribution < 1.29 is 4.79 Å². The van der Waals surface area contributed by atoms with Gasteiger partial charge in [-0.2, -0.15) is 0 Å². The molecule has 0 atom stereocenters. The number of thioether (sulfide) groups is 1. The SMILES string of the molecule is C=N/C=C\SC/C(=C\c1cc(C=O)cc(-c2ccccc2)c1)Cn1ccnc1. The summed E-state index contributed by atoms with van der Waals surface area (Å²) < 4.78 is 2.03. The lowest BCUT2D eigenvalue weighted by Gasteiger charge is -2.10. The van der Waals surface area contributed by atoms with E-state index in [4.69, 9.17) is 0 Å². The van der Waals surface area contributed by atoms with E-state index in [0.717, 1.165) is 35.3 Å². The summed E-state index contributed by atoms with van der Waals surface area (Å²) in [5, 5.41) is 1.92. The molecule has 0 unspecified atom stereocenters. The molecule has 0 bridgehead atoms. The molecule has 3 aromatic rings. The molecule has 0 radical (unpaired) electrons. The molecule has 0 aliphatic heterocycles. The Bertz CT molecular complexity index is 976. The summed E-state index contributed by atoms with van der Waals surface area (Å²) >= 11 is 1.65. The molecule has 0 saturated carbocycles. The van der Waals surface area contributed by atoms with Gasteiger partial charge < -0.3 is 4.57 Å². The molecule has 5 heteroatoms. The number of hydrogen-bond acceptors (Lipinski definition) is 4. The van der Waals surface area contributed by atoms with E-state index in [-0.39, 0.29) is 0 Å². The van der Waals surface area contributed by atoms with Crippen molar-refractivity contribution in [2.75, 3.05) is 5.75 Å². The summed E-state index contributed by atoms with van der Waals surface area (Å²) in [7, 11) is 0. The third-order valence-electron chi connectivity index (χ3n) is 4.07. The molecule has 3 rings (SSSR count). The quantitative estimate of drug-likeness (QED) is 0.367. The Balaban J connectivity index is 1.94. The molecule has 28 heavy (non-hydrogen) atoms. The minimum Gasteiger partial charge on any atom is -0.333 e. The highest BCUT2D eigenvalue weighted by Gasteiger charge is 2.05. The lowest BCUT2D eigenvalue weighted by atomic mass is 9.99. The Morgan fingerprint density at radius 3 is 2.68 bits per heavy atom. The molecule has 0 fully saturated rings. The number of aromatic nitrogens is 2. The van der Waals surface area contributed by atoms with Crippen LogP contribution in [-0.4, -0.2) is 28.3 Å². The average molecular weight is 388 g/mol. The lowest BCUT2D eigenvalue weighted by molar-refractivity contribution is 0.112. The minimum atomic E-state index is 0.665. The largest absolute Gasteiger partial charge is 0.333 e. The molecule has 1 heterocycles.